The molecule has 174 valence electrons. The summed E-state index contributed by atoms with van der Waals surface area (Å²) in [6.45, 7) is 0.582. The molecule has 0 aliphatic carbocycles. The number of carbonyl (C=O) groups excluding carboxylic acids is 1. The van der Waals surface area contributed by atoms with Gasteiger partial charge in [0.25, 0.3) is 5.91 Å². The van der Waals surface area contributed by atoms with Crippen LogP contribution in [-0.4, -0.2) is 56.8 Å². The lowest BCUT2D eigenvalue weighted by Crippen LogP contribution is -2.43. The van der Waals surface area contributed by atoms with Gasteiger partial charge in [0, 0.05) is 23.9 Å². The van der Waals surface area contributed by atoms with E-state index in [9.17, 15) is 18.0 Å². The summed E-state index contributed by atoms with van der Waals surface area (Å²) >= 11 is 0. The Kier molecular flexibility index (Phi) is 5.22. The number of aromatic nitrogens is 4. The number of rotatable bonds is 4. The molecular weight excluding hydrogens is 447 g/mol. The molecule has 34 heavy (non-hydrogen) atoms. The van der Waals surface area contributed by atoms with Crippen LogP contribution >= 0.6 is 0 Å². The van der Waals surface area contributed by atoms with E-state index in [1.54, 1.807) is 12.3 Å². The summed E-state index contributed by atoms with van der Waals surface area (Å²) in [5, 5.41) is 8.31. The second kappa shape index (κ2) is 8.12. The van der Waals surface area contributed by atoms with Gasteiger partial charge >= 0.3 is 6.18 Å². The van der Waals surface area contributed by atoms with Gasteiger partial charge in [-0.25, -0.2) is 4.98 Å². The number of nitrogens with zero attached hydrogens (tertiary/aromatic N) is 5. The molecule has 1 amide bonds. The standard InChI is InChI=1S/C24H20F3N5O2/c1-14-3-4-18(30-29-14)15-6-8-32-19(12-28-21(32)11-15)17-9-16-5-7-31(13-24(25,26)27)23(33)22(16)20(10-17)34-2/h3-4,6,8-12H,5,7,13H2,1-2H3. The second-order valence-electron chi connectivity index (χ2n) is 8.15. The highest BCUT2D eigenvalue weighted by atomic mass is 19.4. The van der Waals surface area contributed by atoms with Gasteiger partial charge in [-0.1, -0.05) is 0 Å². The number of ether oxygens (including phenoxy) is 1. The zero-order valence-corrected chi connectivity index (χ0v) is 18.4. The van der Waals surface area contributed by atoms with Crippen LogP contribution in [0.5, 0.6) is 5.75 Å². The van der Waals surface area contributed by atoms with Crippen molar-refractivity contribution < 1.29 is 22.7 Å². The maximum Gasteiger partial charge on any atom is 0.406 e. The van der Waals surface area contributed by atoms with Crippen LogP contribution < -0.4 is 4.74 Å². The van der Waals surface area contributed by atoms with Gasteiger partial charge in [-0.15, -0.1) is 0 Å². The van der Waals surface area contributed by atoms with Crippen molar-refractivity contribution in [2.75, 3.05) is 20.2 Å². The summed E-state index contributed by atoms with van der Waals surface area (Å²) < 4.78 is 46.0. The monoisotopic (exact) mass is 467 g/mol. The van der Waals surface area contributed by atoms with Gasteiger partial charge in [-0.2, -0.15) is 23.4 Å². The van der Waals surface area contributed by atoms with Crippen LogP contribution in [-0.2, 0) is 6.42 Å². The van der Waals surface area contributed by atoms with Crippen LogP contribution in [0.1, 0.15) is 21.6 Å². The first kappa shape index (κ1) is 21.9. The fraction of sp³-hybridized carbons (Fsp3) is 0.250. The largest absolute Gasteiger partial charge is 0.496 e. The number of hydrogen-bond donors (Lipinski definition) is 0. The number of benzene rings is 1. The lowest BCUT2D eigenvalue weighted by atomic mass is 9.94. The van der Waals surface area contributed by atoms with Crippen molar-refractivity contribution in [2.45, 2.75) is 19.5 Å². The first-order chi connectivity index (χ1) is 16.2. The molecule has 0 N–H and O–H groups in total. The predicted octanol–water partition coefficient (Wildman–Crippen LogP) is 4.34. The molecule has 4 heterocycles. The fourth-order valence-electron chi connectivity index (χ4n) is 4.21. The topological polar surface area (TPSA) is 72.6 Å². The van der Waals surface area contributed by atoms with Gasteiger partial charge in [0.2, 0.25) is 0 Å². The van der Waals surface area contributed by atoms with Gasteiger partial charge in [0.15, 0.2) is 0 Å². The third-order valence-corrected chi connectivity index (χ3v) is 5.83. The van der Waals surface area contributed by atoms with E-state index < -0.39 is 18.6 Å². The maximum absolute atomic E-state index is 12.9. The number of amides is 1. The quantitative estimate of drug-likeness (QED) is 0.447. The summed E-state index contributed by atoms with van der Waals surface area (Å²) in [4.78, 5) is 18.1. The number of hydrogen-bond acceptors (Lipinski definition) is 5. The minimum atomic E-state index is -4.46. The van der Waals surface area contributed by atoms with Gasteiger partial charge in [0.05, 0.1) is 36.0 Å². The van der Waals surface area contributed by atoms with E-state index in [4.69, 9.17) is 4.74 Å². The molecule has 0 unspecified atom stereocenters. The van der Waals surface area contributed by atoms with Gasteiger partial charge < -0.3 is 9.64 Å². The molecule has 0 radical (unpaired) electrons. The summed E-state index contributed by atoms with van der Waals surface area (Å²) in [5.74, 6) is -0.435. The summed E-state index contributed by atoms with van der Waals surface area (Å²) in [5.41, 5.74) is 5.47. The lowest BCUT2D eigenvalue weighted by Gasteiger charge is -2.30. The Morgan fingerprint density at radius 2 is 1.91 bits per heavy atom. The third kappa shape index (κ3) is 3.95. The molecule has 10 heteroatoms. The lowest BCUT2D eigenvalue weighted by molar-refractivity contribution is -0.141. The number of pyridine rings is 1. The zero-order chi connectivity index (χ0) is 24.0. The first-order valence-electron chi connectivity index (χ1n) is 10.6. The number of alkyl halides is 3. The maximum atomic E-state index is 12.9. The van der Waals surface area contributed by atoms with E-state index in [0.29, 0.717) is 17.6 Å². The molecule has 0 saturated carbocycles. The average molecular weight is 467 g/mol. The van der Waals surface area contributed by atoms with Crippen LogP contribution in [0.15, 0.2) is 48.8 Å². The number of methoxy groups -OCH3 is 1. The van der Waals surface area contributed by atoms with Gasteiger partial charge in [-0.3, -0.25) is 9.20 Å². The number of carbonyl (C=O) groups is 1. The number of aryl methyl sites for hydroxylation is 1. The predicted molar refractivity (Wildman–Crippen MR) is 119 cm³/mol. The van der Waals surface area contributed by atoms with E-state index in [2.05, 4.69) is 15.2 Å². The molecule has 1 aliphatic heterocycles. The molecule has 0 fully saturated rings. The van der Waals surface area contributed by atoms with Crippen LogP contribution in [0.3, 0.4) is 0 Å². The Labute approximate surface area is 192 Å². The van der Waals surface area contributed by atoms with Gasteiger partial charge in [-0.05, 0) is 55.3 Å². The van der Waals surface area contributed by atoms with Crippen molar-refractivity contribution in [1.82, 2.24) is 24.5 Å². The van der Waals surface area contributed by atoms with Crippen LogP contribution in [0.2, 0.25) is 0 Å². The smallest absolute Gasteiger partial charge is 0.406 e. The number of fused-ring (bicyclic) bond motifs is 2. The van der Waals surface area contributed by atoms with Gasteiger partial charge in [0.1, 0.15) is 17.9 Å². The minimum absolute atomic E-state index is 0.00789. The molecule has 0 spiro atoms. The first-order valence-corrected chi connectivity index (χ1v) is 10.6. The average Bonchev–Trinajstić information content (AvgIpc) is 3.23. The molecule has 1 aliphatic rings. The van der Waals surface area contributed by atoms with Crippen molar-refractivity contribution in [3.63, 3.8) is 0 Å². The molecule has 7 nitrogen and oxygen atoms in total. The van der Waals surface area contributed by atoms with Crippen molar-refractivity contribution in [1.29, 1.82) is 0 Å². The Morgan fingerprint density at radius 1 is 1.09 bits per heavy atom. The van der Waals surface area contributed by atoms with E-state index in [-0.39, 0.29) is 17.9 Å². The molecular formula is C24H20F3N5O2. The fourth-order valence-corrected chi connectivity index (χ4v) is 4.21. The Balaban J connectivity index is 1.53. The molecule has 5 rings (SSSR count). The highest BCUT2D eigenvalue weighted by Crippen LogP contribution is 2.35. The van der Waals surface area contributed by atoms with Crippen molar-refractivity contribution in [3.8, 4) is 28.3 Å². The van der Waals surface area contributed by atoms with Crippen molar-refractivity contribution in [3.05, 3.63) is 65.6 Å². The normalized spacial score (nSPS) is 13.9. The number of imidazole rings is 1. The Hall–Kier alpha value is -3.95. The molecule has 0 bridgehead atoms. The second-order valence-corrected chi connectivity index (χ2v) is 8.15. The zero-order valence-electron chi connectivity index (χ0n) is 18.4. The van der Waals surface area contributed by atoms with Crippen LogP contribution in [0, 0.1) is 6.92 Å². The number of halogens is 3. The molecule has 0 saturated heterocycles. The molecule has 4 aromatic rings. The van der Waals surface area contributed by atoms with Crippen molar-refractivity contribution in [2.24, 2.45) is 0 Å². The van der Waals surface area contributed by atoms with Crippen molar-refractivity contribution >= 4 is 11.6 Å². The molecule has 1 aromatic carbocycles. The van der Waals surface area contributed by atoms with E-state index in [1.165, 1.54) is 7.11 Å². The summed E-state index contributed by atoms with van der Waals surface area (Å²) in [7, 11) is 1.40. The van der Waals surface area contributed by atoms with E-state index in [0.717, 1.165) is 33.1 Å². The summed E-state index contributed by atoms with van der Waals surface area (Å²) in [6, 6.07) is 11.1. The highest BCUT2D eigenvalue weighted by Gasteiger charge is 2.37. The molecule has 3 aromatic heterocycles. The highest BCUT2D eigenvalue weighted by molar-refractivity contribution is 6.00. The van der Waals surface area contributed by atoms with Crippen LogP contribution in [0.25, 0.3) is 28.2 Å². The van der Waals surface area contributed by atoms with Crippen LogP contribution in [0.4, 0.5) is 13.2 Å². The summed E-state index contributed by atoms with van der Waals surface area (Å²) in [6.07, 6.45) is -0.577. The van der Waals surface area contributed by atoms with E-state index in [1.807, 2.05) is 47.9 Å². The molecule has 0 atom stereocenters. The SMILES string of the molecule is COc1cc(-c2cnc3cc(-c4ccc(C)nn4)ccn23)cc2c1C(=O)N(CC(F)(F)F)CC2. The minimum Gasteiger partial charge on any atom is -0.496 e. The third-order valence-electron chi connectivity index (χ3n) is 5.83. The Morgan fingerprint density at radius 3 is 2.62 bits per heavy atom. The Bertz CT molecular complexity index is 1380. The van der Waals surface area contributed by atoms with E-state index >= 15 is 0 Å².